The molecule has 0 saturated carbocycles. The second kappa shape index (κ2) is 10.8. The Morgan fingerprint density at radius 1 is 1.00 bits per heavy atom. The number of hydrogen-bond acceptors (Lipinski definition) is 5. The van der Waals surface area contributed by atoms with Crippen molar-refractivity contribution < 1.29 is 27.1 Å². The molecule has 1 N–H and O–H groups in total. The van der Waals surface area contributed by atoms with E-state index in [9.17, 15) is 17.6 Å². The zero-order valence-electron chi connectivity index (χ0n) is 18.3. The zero-order valence-corrected chi connectivity index (χ0v) is 19.1. The highest BCUT2D eigenvalue weighted by molar-refractivity contribution is 7.92. The molecule has 0 aromatic heterocycles. The van der Waals surface area contributed by atoms with Crippen molar-refractivity contribution in [1.29, 1.82) is 0 Å². The number of hydrogen-bond donors (Lipinski definition) is 1. The lowest BCUT2D eigenvalue weighted by Gasteiger charge is -2.22. The van der Waals surface area contributed by atoms with E-state index < -0.39 is 15.8 Å². The van der Waals surface area contributed by atoms with Crippen molar-refractivity contribution >= 4 is 21.6 Å². The molecule has 0 spiro atoms. The summed E-state index contributed by atoms with van der Waals surface area (Å²) in [5.74, 6) is 0.523. The molecule has 0 aliphatic rings. The summed E-state index contributed by atoms with van der Waals surface area (Å²) >= 11 is 0. The number of halogens is 1. The van der Waals surface area contributed by atoms with Crippen molar-refractivity contribution in [2.45, 2.75) is 6.54 Å². The van der Waals surface area contributed by atoms with E-state index in [0.717, 1.165) is 16.6 Å². The molecule has 9 heteroatoms. The predicted molar refractivity (Wildman–Crippen MR) is 125 cm³/mol. The van der Waals surface area contributed by atoms with Crippen molar-refractivity contribution in [2.24, 2.45) is 0 Å². The number of ether oxygens (including phenoxy) is 2. The third kappa shape index (κ3) is 6.95. The number of benzene rings is 3. The van der Waals surface area contributed by atoms with Crippen LogP contribution in [0.5, 0.6) is 11.5 Å². The average molecular weight is 473 g/mol. The van der Waals surface area contributed by atoms with E-state index in [1.165, 1.54) is 18.2 Å². The standard InChI is InChI=1S/C24H25FN2O5S/c1-31-22-7-4-8-23(16-22)32-14-13-26-24(28)19-11-9-18(10-12-19)17-27(33(2,29)30)21-6-3-5-20(25)15-21/h3-12,15-16H,13-14,17H2,1-2H3,(H,26,28). The summed E-state index contributed by atoms with van der Waals surface area (Å²) < 4.78 is 49.9. The molecule has 7 nitrogen and oxygen atoms in total. The molecule has 1 amide bonds. The Balaban J connectivity index is 1.56. The van der Waals surface area contributed by atoms with Gasteiger partial charge in [0, 0.05) is 11.6 Å². The fraction of sp³-hybridized carbons (Fsp3) is 0.208. The molecule has 3 aromatic rings. The number of nitrogens with zero attached hydrogens (tertiary/aromatic N) is 1. The molecule has 0 heterocycles. The van der Waals surface area contributed by atoms with Crippen molar-refractivity contribution in [1.82, 2.24) is 5.32 Å². The minimum Gasteiger partial charge on any atom is -0.497 e. The molecule has 0 unspecified atom stereocenters. The van der Waals surface area contributed by atoms with Gasteiger partial charge in [-0.2, -0.15) is 0 Å². The summed E-state index contributed by atoms with van der Waals surface area (Å²) in [5, 5.41) is 2.77. The summed E-state index contributed by atoms with van der Waals surface area (Å²) in [6.45, 7) is 0.603. The summed E-state index contributed by atoms with van der Waals surface area (Å²) in [6.07, 6.45) is 1.06. The van der Waals surface area contributed by atoms with Gasteiger partial charge in [0.15, 0.2) is 0 Å². The van der Waals surface area contributed by atoms with Gasteiger partial charge in [-0.1, -0.05) is 24.3 Å². The van der Waals surface area contributed by atoms with Gasteiger partial charge in [0.05, 0.1) is 32.1 Å². The molecule has 0 bridgehead atoms. The highest BCUT2D eigenvalue weighted by atomic mass is 32.2. The van der Waals surface area contributed by atoms with Crippen molar-refractivity contribution in [3.8, 4) is 11.5 Å². The Morgan fingerprint density at radius 2 is 1.70 bits per heavy atom. The fourth-order valence-corrected chi connectivity index (χ4v) is 3.97. The van der Waals surface area contributed by atoms with E-state index in [1.807, 2.05) is 12.1 Å². The predicted octanol–water partition coefficient (Wildman–Crippen LogP) is 3.61. The smallest absolute Gasteiger partial charge is 0.251 e. The summed E-state index contributed by atoms with van der Waals surface area (Å²) in [4.78, 5) is 12.4. The van der Waals surface area contributed by atoms with Gasteiger partial charge < -0.3 is 14.8 Å². The number of carbonyl (C=O) groups excluding carboxylic acids is 1. The van der Waals surface area contributed by atoms with E-state index in [1.54, 1.807) is 43.5 Å². The molecule has 0 saturated heterocycles. The van der Waals surface area contributed by atoms with Crippen LogP contribution in [0.15, 0.2) is 72.8 Å². The fourth-order valence-electron chi connectivity index (χ4n) is 3.09. The van der Waals surface area contributed by atoms with Crippen molar-refractivity contribution in [3.63, 3.8) is 0 Å². The van der Waals surface area contributed by atoms with E-state index in [2.05, 4.69) is 5.32 Å². The van der Waals surface area contributed by atoms with Crippen LogP contribution >= 0.6 is 0 Å². The van der Waals surface area contributed by atoms with Crippen LogP contribution < -0.4 is 19.1 Å². The van der Waals surface area contributed by atoms with Crippen LogP contribution in [0.4, 0.5) is 10.1 Å². The molecule has 0 radical (unpaired) electrons. The largest absolute Gasteiger partial charge is 0.497 e. The SMILES string of the molecule is COc1cccc(OCCNC(=O)c2ccc(CN(c3cccc(F)c3)S(C)(=O)=O)cc2)c1. The third-order valence-corrected chi connectivity index (χ3v) is 5.88. The second-order valence-electron chi connectivity index (χ2n) is 7.23. The first kappa shape index (κ1) is 24.1. The van der Waals surface area contributed by atoms with Crippen LogP contribution in [0.2, 0.25) is 0 Å². The molecule has 33 heavy (non-hydrogen) atoms. The molecule has 3 aromatic carbocycles. The number of methoxy groups -OCH3 is 1. The molecule has 0 aliphatic heterocycles. The lowest BCUT2D eigenvalue weighted by Crippen LogP contribution is -2.29. The van der Waals surface area contributed by atoms with Crippen LogP contribution in [0.3, 0.4) is 0 Å². The number of rotatable bonds is 10. The quantitative estimate of drug-likeness (QED) is 0.456. The number of carbonyl (C=O) groups is 1. The monoisotopic (exact) mass is 472 g/mol. The van der Waals surface area contributed by atoms with Gasteiger partial charge in [0.25, 0.3) is 5.91 Å². The molecule has 0 aliphatic carbocycles. The zero-order chi connectivity index (χ0) is 23.8. The third-order valence-electron chi connectivity index (χ3n) is 4.74. The molecular formula is C24H25FN2O5S. The number of anilines is 1. The normalized spacial score (nSPS) is 11.0. The number of sulfonamides is 1. The highest BCUT2D eigenvalue weighted by Gasteiger charge is 2.18. The molecule has 0 atom stereocenters. The number of amides is 1. The molecule has 0 fully saturated rings. The van der Waals surface area contributed by atoms with E-state index in [-0.39, 0.29) is 24.7 Å². The van der Waals surface area contributed by atoms with Crippen LogP contribution in [0, 0.1) is 5.82 Å². The Labute approximate surface area is 192 Å². The second-order valence-corrected chi connectivity index (χ2v) is 9.14. The summed E-state index contributed by atoms with van der Waals surface area (Å²) in [7, 11) is -2.06. The minimum absolute atomic E-state index is 0.0125. The lowest BCUT2D eigenvalue weighted by atomic mass is 10.1. The highest BCUT2D eigenvalue weighted by Crippen LogP contribution is 2.22. The van der Waals surface area contributed by atoms with Crippen molar-refractivity contribution in [2.75, 3.05) is 30.8 Å². The van der Waals surface area contributed by atoms with Crippen LogP contribution in [0.25, 0.3) is 0 Å². The van der Waals surface area contributed by atoms with Gasteiger partial charge in [-0.05, 0) is 48.0 Å². The summed E-state index contributed by atoms with van der Waals surface area (Å²) in [5.41, 5.74) is 1.31. The first-order chi connectivity index (χ1) is 15.8. The Kier molecular flexibility index (Phi) is 7.89. The Morgan fingerprint density at radius 3 is 2.36 bits per heavy atom. The van der Waals surface area contributed by atoms with Crippen LogP contribution in [-0.4, -0.2) is 40.8 Å². The molecular weight excluding hydrogens is 447 g/mol. The average Bonchev–Trinajstić information content (AvgIpc) is 2.80. The van der Waals surface area contributed by atoms with Gasteiger partial charge in [-0.25, -0.2) is 12.8 Å². The lowest BCUT2D eigenvalue weighted by molar-refractivity contribution is 0.0947. The van der Waals surface area contributed by atoms with Crippen LogP contribution in [0.1, 0.15) is 15.9 Å². The van der Waals surface area contributed by atoms with Gasteiger partial charge >= 0.3 is 0 Å². The van der Waals surface area contributed by atoms with Gasteiger partial charge in [-0.15, -0.1) is 0 Å². The molecule has 3 rings (SSSR count). The first-order valence-electron chi connectivity index (χ1n) is 10.1. The maximum absolute atomic E-state index is 13.6. The van der Waals surface area contributed by atoms with Gasteiger partial charge in [0.2, 0.25) is 10.0 Å². The van der Waals surface area contributed by atoms with E-state index in [0.29, 0.717) is 29.2 Å². The van der Waals surface area contributed by atoms with E-state index >= 15 is 0 Å². The maximum Gasteiger partial charge on any atom is 0.251 e. The van der Waals surface area contributed by atoms with Crippen LogP contribution in [-0.2, 0) is 16.6 Å². The molecule has 174 valence electrons. The van der Waals surface area contributed by atoms with Crippen molar-refractivity contribution in [3.05, 3.63) is 89.7 Å². The Hall–Kier alpha value is -3.59. The number of nitrogens with one attached hydrogen (secondary N) is 1. The minimum atomic E-state index is -3.64. The van der Waals surface area contributed by atoms with E-state index in [4.69, 9.17) is 9.47 Å². The first-order valence-corrected chi connectivity index (χ1v) is 12.0. The Bertz CT molecular complexity index is 1200. The van der Waals surface area contributed by atoms with Gasteiger partial charge in [-0.3, -0.25) is 9.10 Å². The maximum atomic E-state index is 13.6. The van der Waals surface area contributed by atoms with Gasteiger partial charge in [0.1, 0.15) is 23.9 Å². The summed E-state index contributed by atoms with van der Waals surface area (Å²) in [6, 6.07) is 19.1. The topological polar surface area (TPSA) is 84.9 Å².